The second kappa shape index (κ2) is 12.5. The maximum atomic E-state index is 12.4. The van der Waals surface area contributed by atoms with Gasteiger partial charge in [-0.15, -0.1) is 0 Å². The van der Waals surface area contributed by atoms with Gasteiger partial charge < -0.3 is 18.8 Å². The van der Waals surface area contributed by atoms with Crippen LogP contribution in [0.15, 0.2) is 108 Å². The van der Waals surface area contributed by atoms with Crippen LogP contribution in [0, 0.1) is 0 Å². The molecule has 1 aliphatic rings. The molecule has 3 aromatic carbocycles. The fourth-order valence-electron chi connectivity index (χ4n) is 4.38. The SMILES string of the molecule is CCN(CC)c1ccc(/C(=C2/C=CC(O[PH](=O)Oc3ccccc3)=CC2)c2ccc(N(C)C)cc2)cc1. The molecule has 0 spiro atoms. The van der Waals surface area contributed by atoms with Crippen LogP contribution < -0.4 is 14.3 Å². The molecule has 1 atom stereocenters. The highest BCUT2D eigenvalue weighted by Gasteiger charge is 2.15. The first kappa shape index (κ1) is 26.4. The van der Waals surface area contributed by atoms with E-state index in [2.05, 4.69) is 78.3 Å². The Kier molecular flexibility index (Phi) is 8.92. The van der Waals surface area contributed by atoms with Crippen LogP contribution >= 0.6 is 8.25 Å². The van der Waals surface area contributed by atoms with Crippen molar-refractivity contribution in [2.24, 2.45) is 0 Å². The third-order valence-electron chi connectivity index (χ3n) is 6.40. The Morgan fingerprint density at radius 1 is 0.784 bits per heavy atom. The zero-order valence-corrected chi connectivity index (χ0v) is 23.0. The molecule has 0 saturated carbocycles. The maximum Gasteiger partial charge on any atom is 0.418 e. The van der Waals surface area contributed by atoms with E-state index in [0.29, 0.717) is 17.9 Å². The highest BCUT2D eigenvalue weighted by molar-refractivity contribution is 7.34. The Morgan fingerprint density at radius 3 is 1.89 bits per heavy atom. The lowest BCUT2D eigenvalue weighted by atomic mass is 9.89. The van der Waals surface area contributed by atoms with Gasteiger partial charge in [-0.2, -0.15) is 0 Å². The van der Waals surface area contributed by atoms with E-state index < -0.39 is 8.25 Å². The Labute approximate surface area is 221 Å². The third kappa shape index (κ3) is 6.75. The second-order valence-corrected chi connectivity index (χ2v) is 9.88. The van der Waals surface area contributed by atoms with Crippen molar-refractivity contribution >= 4 is 25.2 Å². The predicted molar refractivity (Wildman–Crippen MR) is 156 cm³/mol. The van der Waals surface area contributed by atoms with Crippen molar-refractivity contribution in [2.75, 3.05) is 37.0 Å². The van der Waals surface area contributed by atoms with E-state index in [1.54, 1.807) is 12.1 Å². The van der Waals surface area contributed by atoms with E-state index in [-0.39, 0.29) is 0 Å². The van der Waals surface area contributed by atoms with Gasteiger partial charge in [-0.1, -0.05) is 48.5 Å². The van der Waals surface area contributed by atoms with E-state index in [1.807, 2.05) is 44.4 Å². The molecule has 0 N–H and O–H groups in total. The molecule has 0 radical (unpaired) electrons. The number of rotatable bonds is 10. The largest absolute Gasteiger partial charge is 0.418 e. The van der Waals surface area contributed by atoms with Crippen molar-refractivity contribution < 1.29 is 13.6 Å². The van der Waals surface area contributed by atoms with Gasteiger partial charge in [0.1, 0.15) is 11.5 Å². The van der Waals surface area contributed by atoms with Gasteiger partial charge in [0.15, 0.2) is 0 Å². The summed E-state index contributed by atoms with van der Waals surface area (Å²) in [5, 5.41) is 0. The molecule has 0 amide bonds. The van der Waals surface area contributed by atoms with E-state index in [9.17, 15) is 4.57 Å². The molecule has 1 unspecified atom stereocenters. The van der Waals surface area contributed by atoms with Gasteiger partial charge in [0.05, 0.1) is 0 Å². The van der Waals surface area contributed by atoms with Crippen LogP contribution in [-0.4, -0.2) is 27.2 Å². The van der Waals surface area contributed by atoms with Crippen LogP contribution in [0.5, 0.6) is 5.75 Å². The minimum absolute atomic E-state index is 0.531. The second-order valence-electron chi connectivity index (χ2n) is 8.97. The minimum atomic E-state index is -2.71. The number of hydrogen-bond acceptors (Lipinski definition) is 5. The molecule has 0 saturated heterocycles. The van der Waals surface area contributed by atoms with Crippen molar-refractivity contribution in [2.45, 2.75) is 20.3 Å². The summed E-state index contributed by atoms with van der Waals surface area (Å²) in [5.41, 5.74) is 7.04. The summed E-state index contributed by atoms with van der Waals surface area (Å²) in [6, 6.07) is 26.5. The molecular weight excluding hydrogens is 479 g/mol. The standard InChI is InChI=1S/C31H35N2O3P/c1-5-33(6-2)28-20-14-25(15-21-28)31(24-12-18-27(19-13-24)32(3)4)26-16-22-30(23-17-26)36-37(34)35-29-10-8-7-9-11-29/h7-16,18-23,37H,5-6,17H2,1-4H3/b31-26-. The molecule has 6 heteroatoms. The van der Waals surface area contributed by atoms with Crippen LogP contribution in [0.2, 0.25) is 0 Å². The van der Waals surface area contributed by atoms with Crippen molar-refractivity contribution in [3.8, 4) is 5.75 Å². The molecule has 0 heterocycles. The Balaban J connectivity index is 1.60. The first-order valence-electron chi connectivity index (χ1n) is 12.7. The topological polar surface area (TPSA) is 42.0 Å². The summed E-state index contributed by atoms with van der Waals surface area (Å²) in [6.45, 7) is 6.30. The number of hydrogen-bond donors (Lipinski definition) is 0. The number of anilines is 2. The van der Waals surface area contributed by atoms with E-state index in [1.165, 1.54) is 16.8 Å². The van der Waals surface area contributed by atoms with Gasteiger partial charge >= 0.3 is 8.25 Å². The maximum absolute atomic E-state index is 12.4. The average molecular weight is 515 g/mol. The van der Waals surface area contributed by atoms with Gasteiger partial charge in [0, 0.05) is 38.6 Å². The molecule has 0 fully saturated rings. The lowest BCUT2D eigenvalue weighted by Crippen LogP contribution is -2.21. The summed E-state index contributed by atoms with van der Waals surface area (Å²) < 4.78 is 23.5. The highest BCUT2D eigenvalue weighted by atomic mass is 31.1. The van der Waals surface area contributed by atoms with Crippen LogP contribution in [0.3, 0.4) is 0 Å². The summed E-state index contributed by atoms with van der Waals surface area (Å²) in [4.78, 5) is 4.44. The molecule has 4 rings (SSSR count). The Hall–Kier alpha value is -3.69. The van der Waals surface area contributed by atoms with Gasteiger partial charge in [0.25, 0.3) is 0 Å². The van der Waals surface area contributed by atoms with E-state index >= 15 is 0 Å². The van der Waals surface area contributed by atoms with Crippen molar-refractivity contribution in [1.82, 2.24) is 0 Å². The number of nitrogens with zero attached hydrogens (tertiary/aromatic N) is 2. The summed E-state index contributed by atoms with van der Waals surface area (Å²) in [6.07, 6.45) is 6.55. The minimum Gasteiger partial charge on any atom is -0.418 e. The summed E-state index contributed by atoms with van der Waals surface area (Å²) in [5.74, 6) is 1.09. The van der Waals surface area contributed by atoms with Crippen molar-refractivity contribution in [3.63, 3.8) is 0 Å². The van der Waals surface area contributed by atoms with Crippen LogP contribution in [-0.2, 0) is 9.09 Å². The van der Waals surface area contributed by atoms with Gasteiger partial charge in [-0.05, 0) is 91.1 Å². The monoisotopic (exact) mass is 514 g/mol. The van der Waals surface area contributed by atoms with Gasteiger partial charge in [0.2, 0.25) is 0 Å². The zero-order valence-electron chi connectivity index (χ0n) is 22.0. The van der Waals surface area contributed by atoms with Crippen LogP contribution in [0.1, 0.15) is 31.4 Å². The normalized spacial score (nSPS) is 15.0. The van der Waals surface area contributed by atoms with E-state index in [0.717, 1.165) is 29.9 Å². The molecular formula is C31H35N2O3P. The third-order valence-corrected chi connectivity index (χ3v) is 7.20. The molecule has 0 aromatic heterocycles. The fourth-order valence-corrected chi connectivity index (χ4v) is 5.10. The smallest absolute Gasteiger partial charge is 0.418 e. The first-order chi connectivity index (χ1) is 18.0. The molecule has 0 bridgehead atoms. The zero-order chi connectivity index (χ0) is 26.2. The van der Waals surface area contributed by atoms with Crippen LogP contribution in [0.25, 0.3) is 5.57 Å². The summed E-state index contributed by atoms with van der Waals surface area (Å²) in [7, 11) is 1.38. The molecule has 0 aliphatic heterocycles. The Bertz CT molecular complexity index is 1290. The Morgan fingerprint density at radius 2 is 1.38 bits per heavy atom. The molecule has 3 aromatic rings. The van der Waals surface area contributed by atoms with Crippen molar-refractivity contribution in [1.29, 1.82) is 0 Å². The van der Waals surface area contributed by atoms with Gasteiger partial charge in [-0.25, -0.2) is 4.57 Å². The summed E-state index contributed by atoms with van der Waals surface area (Å²) >= 11 is 0. The lowest BCUT2D eigenvalue weighted by Gasteiger charge is -2.22. The number of allylic oxidation sites excluding steroid dienone is 4. The number of para-hydroxylation sites is 1. The average Bonchev–Trinajstić information content (AvgIpc) is 2.92. The molecule has 37 heavy (non-hydrogen) atoms. The predicted octanol–water partition coefficient (Wildman–Crippen LogP) is 7.73. The number of benzene rings is 3. The van der Waals surface area contributed by atoms with Crippen LogP contribution in [0.4, 0.5) is 11.4 Å². The van der Waals surface area contributed by atoms with Crippen molar-refractivity contribution in [3.05, 3.63) is 120 Å². The quantitative estimate of drug-likeness (QED) is 0.259. The van der Waals surface area contributed by atoms with Gasteiger partial charge in [-0.3, -0.25) is 0 Å². The van der Waals surface area contributed by atoms with E-state index in [4.69, 9.17) is 9.05 Å². The molecule has 192 valence electrons. The highest BCUT2D eigenvalue weighted by Crippen LogP contribution is 2.36. The molecule has 5 nitrogen and oxygen atoms in total. The lowest BCUT2D eigenvalue weighted by molar-refractivity contribution is 0.365. The first-order valence-corrected chi connectivity index (χ1v) is 13.9. The molecule has 1 aliphatic carbocycles. The fraction of sp³-hybridized carbons (Fsp3) is 0.226.